The number of carboxylic acids is 1. The topological polar surface area (TPSA) is 46.5 Å². The lowest BCUT2D eigenvalue weighted by Gasteiger charge is -2.27. The Labute approximate surface area is 158 Å². The molecule has 2 aromatic rings. The highest BCUT2D eigenvalue weighted by molar-refractivity contribution is 9.08. The Morgan fingerprint density at radius 2 is 1.72 bits per heavy atom. The highest BCUT2D eigenvalue weighted by Gasteiger charge is 2.27. The molecule has 0 aliphatic rings. The summed E-state index contributed by atoms with van der Waals surface area (Å²) in [6.45, 7) is 9.92. The third kappa shape index (κ3) is 4.63. The van der Waals surface area contributed by atoms with E-state index in [1.165, 1.54) is 5.56 Å². The van der Waals surface area contributed by atoms with Crippen LogP contribution in [0.15, 0.2) is 36.4 Å². The predicted molar refractivity (Wildman–Crippen MR) is 106 cm³/mol. The average Bonchev–Trinajstić information content (AvgIpc) is 2.52. The molecule has 0 fully saturated rings. The molecule has 0 atom stereocenters. The molecule has 0 amide bonds. The van der Waals surface area contributed by atoms with Crippen LogP contribution in [-0.2, 0) is 10.7 Å². The lowest BCUT2D eigenvalue weighted by Crippen LogP contribution is -2.20. The second-order valence-corrected chi connectivity index (χ2v) is 8.01. The quantitative estimate of drug-likeness (QED) is 0.618. The first-order chi connectivity index (χ1) is 11.6. The molecular weight excluding hydrogens is 380 g/mol. The lowest BCUT2D eigenvalue weighted by atomic mass is 9.81. The fraction of sp³-hybridized carbons (Fsp3) is 0.381. The van der Waals surface area contributed by atoms with Gasteiger partial charge in [0.05, 0.1) is 11.7 Å². The highest BCUT2D eigenvalue weighted by atomic mass is 79.9. The first-order valence-electron chi connectivity index (χ1n) is 8.37. The summed E-state index contributed by atoms with van der Waals surface area (Å²) in [5.74, 6) is -0.292. The van der Waals surface area contributed by atoms with E-state index in [0.29, 0.717) is 11.3 Å². The summed E-state index contributed by atoms with van der Waals surface area (Å²) < 4.78 is 6.00. The van der Waals surface area contributed by atoms with Gasteiger partial charge in [0.2, 0.25) is 0 Å². The zero-order valence-corrected chi connectivity index (χ0v) is 17.0. The van der Waals surface area contributed by atoms with Crippen molar-refractivity contribution in [2.24, 2.45) is 0 Å². The van der Waals surface area contributed by atoms with Crippen LogP contribution >= 0.6 is 15.9 Å². The number of carboxylic acid groups (broad SMARTS) is 1. The van der Waals surface area contributed by atoms with Crippen molar-refractivity contribution in [3.05, 3.63) is 53.1 Å². The minimum absolute atomic E-state index is 0.0335. The van der Waals surface area contributed by atoms with Gasteiger partial charge in [-0.1, -0.05) is 61.0 Å². The molecular formula is C21H25BrO3. The minimum atomic E-state index is -0.933. The normalized spacial score (nSPS) is 11.6. The van der Waals surface area contributed by atoms with Crippen molar-refractivity contribution < 1.29 is 14.6 Å². The van der Waals surface area contributed by atoms with E-state index in [1.807, 2.05) is 65.0 Å². The van der Waals surface area contributed by atoms with E-state index in [-0.39, 0.29) is 11.5 Å². The largest absolute Gasteiger partial charge is 0.491 e. The number of halogens is 1. The molecule has 0 radical (unpaired) electrons. The van der Waals surface area contributed by atoms with Crippen LogP contribution < -0.4 is 4.74 Å². The Kier molecular flexibility index (Phi) is 5.94. The number of alkyl halides is 1. The molecule has 0 saturated carbocycles. The zero-order chi connectivity index (χ0) is 18.8. The standard InChI is InChI=1S/C21H25BrO3/c1-13(2)25-18-11-16(15-8-6-14(12-22)7-9-15)10-17(20(23)24)19(18)21(3,4)5/h6-11,13H,12H2,1-5H3,(H,23,24). The molecule has 0 saturated heterocycles. The molecule has 0 heterocycles. The van der Waals surface area contributed by atoms with E-state index in [4.69, 9.17) is 4.74 Å². The van der Waals surface area contributed by atoms with Gasteiger partial charge in [-0.25, -0.2) is 4.79 Å². The van der Waals surface area contributed by atoms with Crippen LogP contribution in [-0.4, -0.2) is 17.2 Å². The van der Waals surface area contributed by atoms with Gasteiger partial charge in [0.15, 0.2) is 0 Å². The molecule has 25 heavy (non-hydrogen) atoms. The van der Waals surface area contributed by atoms with E-state index in [0.717, 1.165) is 22.0 Å². The van der Waals surface area contributed by atoms with Crippen molar-refractivity contribution >= 4 is 21.9 Å². The van der Waals surface area contributed by atoms with Gasteiger partial charge in [-0.05, 0) is 48.1 Å². The molecule has 3 nitrogen and oxygen atoms in total. The third-order valence-electron chi connectivity index (χ3n) is 3.89. The minimum Gasteiger partial charge on any atom is -0.491 e. The molecule has 0 aliphatic heterocycles. The zero-order valence-electron chi connectivity index (χ0n) is 15.4. The molecule has 4 heteroatoms. The van der Waals surface area contributed by atoms with Crippen LogP contribution in [0.3, 0.4) is 0 Å². The van der Waals surface area contributed by atoms with Crippen molar-refractivity contribution in [1.29, 1.82) is 0 Å². The lowest BCUT2D eigenvalue weighted by molar-refractivity contribution is 0.0693. The van der Waals surface area contributed by atoms with Crippen molar-refractivity contribution in [2.75, 3.05) is 0 Å². The van der Waals surface area contributed by atoms with Crippen molar-refractivity contribution in [2.45, 2.75) is 51.5 Å². The van der Waals surface area contributed by atoms with E-state index in [2.05, 4.69) is 15.9 Å². The number of aromatic carboxylic acids is 1. The van der Waals surface area contributed by atoms with Gasteiger partial charge < -0.3 is 9.84 Å². The Morgan fingerprint density at radius 1 is 1.12 bits per heavy atom. The maximum atomic E-state index is 11.9. The Morgan fingerprint density at radius 3 is 2.16 bits per heavy atom. The smallest absolute Gasteiger partial charge is 0.336 e. The van der Waals surface area contributed by atoms with Gasteiger partial charge in [-0.15, -0.1) is 0 Å². The molecule has 1 N–H and O–H groups in total. The van der Waals surface area contributed by atoms with E-state index in [1.54, 1.807) is 6.07 Å². The molecule has 2 aromatic carbocycles. The van der Waals surface area contributed by atoms with Gasteiger partial charge in [0.25, 0.3) is 0 Å². The molecule has 0 aliphatic carbocycles. The van der Waals surface area contributed by atoms with E-state index < -0.39 is 5.97 Å². The van der Waals surface area contributed by atoms with Crippen LogP contribution in [0.25, 0.3) is 11.1 Å². The van der Waals surface area contributed by atoms with Crippen molar-refractivity contribution in [3.63, 3.8) is 0 Å². The Balaban J connectivity index is 2.69. The van der Waals surface area contributed by atoms with Crippen molar-refractivity contribution in [3.8, 4) is 16.9 Å². The van der Waals surface area contributed by atoms with Gasteiger partial charge in [-0.3, -0.25) is 0 Å². The number of ether oxygens (including phenoxy) is 1. The predicted octanol–water partition coefficient (Wildman–Crippen LogP) is 6.03. The van der Waals surface area contributed by atoms with E-state index in [9.17, 15) is 9.90 Å². The molecule has 0 bridgehead atoms. The first-order valence-corrected chi connectivity index (χ1v) is 9.49. The summed E-state index contributed by atoms with van der Waals surface area (Å²) in [7, 11) is 0. The fourth-order valence-corrected chi connectivity index (χ4v) is 3.23. The average molecular weight is 405 g/mol. The third-order valence-corrected chi connectivity index (χ3v) is 4.53. The number of carbonyl (C=O) groups is 1. The summed E-state index contributed by atoms with van der Waals surface area (Å²) in [4.78, 5) is 11.9. The first kappa shape index (κ1) is 19.5. The van der Waals surface area contributed by atoms with Gasteiger partial charge >= 0.3 is 5.97 Å². The van der Waals surface area contributed by atoms with Gasteiger partial charge in [0.1, 0.15) is 5.75 Å². The number of hydrogen-bond donors (Lipinski definition) is 1. The van der Waals surface area contributed by atoms with Gasteiger partial charge in [0, 0.05) is 10.9 Å². The molecule has 0 spiro atoms. The second-order valence-electron chi connectivity index (χ2n) is 7.45. The van der Waals surface area contributed by atoms with Crippen LogP contribution in [0.5, 0.6) is 5.75 Å². The summed E-state index contributed by atoms with van der Waals surface area (Å²) in [5, 5.41) is 10.6. The second kappa shape index (κ2) is 7.61. The van der Waals surface area contributed by atoms with Crippen LogP contribution in [0.2, 0.25) is 0 Å². The Bertz CT molecular complexity index is 756. The molecule has 2 rings (SSSR count). The van der Waals surface area contributed by atoms with Crippen LogP contribution in [0.4, 0.5) is 0 Å². The maximum Gasteiger partial charge on any atom is 0.336 e. The molecule has 134 valence electrons. The van der Waals surface area contributed by atoms with Gasteiger partial charge in [-0.2, -0.15) is 0 Å². The SMILES string of the molecule is CC(C)Oc1cc(-c2ccc(CBr)cc2)cc(C(=O)O)c1C(C)(C)C. The molecule has 0 aromatic heterocycles. The van der Waals surface area contributed by atoms with Crippen molar-refractivity contribution in [1.82, 2.24) is 0 Å². The number of hydrogen-bond acceptors (Lipinski definition) is 2. The Hall–Kier alpha value is -1.81. The van der Waals surface area contributed by atoms with E-state index >= 15 is 0 Å². The summed E-state index contributed by atoms with van der Waals surface area (Å²) >= 11 is 3.44. The summed E-state index contributed by atoms with van der Waals surface area (Å²) in [5.41, 5.74) is 3.69. The summed E-state index contributed by atoms with van der Waals surface area (Å²) in [6, 6.07) is 11.8. The fourth-order valence-electron chi connectivity index (χ4n) is 2.86. The number of benzene rings is 2. The summed E-state index contributed by atoms with van der Waals surface area (Å²) in [6.07, 6.45) is -0.0335. The van der Waals surface area contributed by atoms with Crippen LogP contribution in [0, 0.1) is 0 Å². The highest BCUT2D eigenvalue weighted by Crippen LogP contribution is 2.39. The monoisotopic (exact) mass is 404 g/mol. The number of rotatable bonds is 5. The van der Waals surface area contributed by atoms with Crippen LogP contribution in [0.1, 0.15) is 56.1 Å². The maximum absolute atomic E-state index is 11.9. The molecule has 0 unspecified atom stereocenters.